The average Bonchev–Trinajstić information content (AvgIpc) is 3.21. The second kappa shape index (κ2) is 12.5. The molecule has 3 aromatic rings. The molecule has 9 nitrogen and oxygen atoms in total. The fourth-order valence-corrected chi connectivity index (χ4v) is 5.86. The van der Waals surface area contributed by atoms with Crippen molar-refractivity contribution in [1.29, 1.82) is 5.26 Å². The molecular formula is C29H28BrN3O6S. The Kier molecular flexibility index (Phi) is 9.12. The van der Waals surface area contributed by atoms with E-state index in [-0.39, 0.29) is 30.5 Å². The van der Waals surface area contributed by atoms with Crippen LogP contribution in [0.4, 0.5) is 0 Å². The fourth-order valence-electron chi connectivity index (χ4n) is 4.30. The Bertz CT molecular complexity index is 1700. The van der Waals surface area contributed by atoms with E-state index >= 15 is 0 Å². The summed E-state index contributed by atoms with van der Waals surface area (Å²) < 4.78 is 24.8. The molecule has 0 radical (unpaired) electrons. The van der Waals surface area contributed by atoms with E-state index in [2.05, 4.69) is 20.9 Å². The molecule has 0 saturated heterocycles. The van der Waals surface area contributed by atoms with Crippen LogP contribution in [0.15, 0.2) is 61.9 Å². The summed E-state index contributed by atoms with van der Waals surface area (Å²) in [5, 5.41) is 8.77. The van der Waals surface area contributed by atoms with Gasteiger partial charge in [0.25, 0.3) is 5.56 Å². The van der Waals surface area contributed by atoms with E-state index < -0.39 is 12.0 Å². The number of carbonyl (C=O) groups is 1. The zero-order valence-corrected chi connectivity index (χ0v) is 25.1. The first-order valence-corrected chi connectivity index (χ1v) is 14.1. The highest BCUT2D eigenvalue weighted by Crippen LogP contribution is 2.36. The van der Waals surface area contributed by atoms with Crippen molar-refractivity contribution < 1.29 is 23.7 Å². The molecule has 0 N–H and O–H groups in total. The molecule has 1 aromatic heterocycles. The number of nitriles is 1. The number of hydrogen-bond donors (Lipinski definition) is 0. The third kappa shape index (κ3) is 5.98. The van der Waals surface area contributed by atoms with Crippen LogP contribution < -0.4 is 29.1 Å². The molecule has 1 aliphatic heterocycles. The second-order valence-electron chi connectivity index (χ2n) is 9.02. The number of halogens is 1. The van der Waals surface area contributed by atoms with Crippen LogP contribution in [0.5, 0.6) is 17.2 Å². The predicted octanol–water partition coefficient (Wildman–Crippen LogP) is 4.26. The van der Waals surface area contributed by atoms with Crippen molar-refractivity contribution in [2.75, 3.05) is 20.3 Å². The van der Waals surface area contributed by atoms with E-state index in [1.54, 1.807) is 57.4 Å². The summed E-state index contributed by atoms with van der Waals surface area (Å²) in [7, 11) is 1.54. The van der Waals surface area contributed by atoms with Gasteiger partial charge in [-0.25, -0.2) is 9.79 Å². The number of ether oxygens (including phenoxy) is 4. The largest absolute Gasteiger partial charge is 0.493 e. The Hall–Kier alpha value is -3.88. The Morgan fingerprint density at radius 2 is 1.98 bits per heavy atom. The summed E-state index contributed by atoms with van der Waals surface area (Å²) in [4.78, 5) is 32.1. The van der Waals surface area contributed by atoms with Gasteiger partial charge in [0.05, 0.1) is 46.1 Å². The number of allylic oxidation sites excluding steroid dienone is 1. The number of benzene rings is 2. The highest BCUT2D eigenvalue weighted by molar-refractivity contribution is 9.10. The number of rotatable bonds is 9. The lowest BCUT2D eigenvalue weighted by Gasteiger charge is -2.25. The molecule has 0 fully saturated rings. The van der Waals surface area contributed by atoms with Crippen LogP contribution in [0.3, 0.4) is 0 Å². The monoisotopic (exact) mass is 625 g/mol. The molecule has 4 rings (SSSR count). The highest BCUT2D eigenvalue weighted by atomic mass is 79.9. The first-order chi connectivity index (χ1) is 19.2. The zero-order chi connectivity index (χ0) is 29.0. The third-order valence-corrected chi connectivity index (χ3v) is 7.53. The molecule has 208 valence electrons. The number of thiazole rings is 1. The van der Waals surface area contributed by atoms with Gasteiger partial charge in [-0.3, -0.25) is 9.36 Å². The number of nitrogens with zero attached hydrogens (tertiary/aromatic N) is 3. The molecule has 2 aromatic carbocycles. The maximum absolute atomic E-state index is 13.9. The van der Waals surface area contributed by atoms with Gasteiger partial charge in [-0.1, -0.05) is 23.5 Å². The molecule has 11 heteroatoms. The van der Waals surface area contributed by atoms with Crippen LogP contribution >= 0.6 is 27.3 Å². The summed E-state index contributed by atoms with van der Waals surface area (Å²) >= 11 is 4.68. The summed E-state index contributed by atoms with van der Waals surface area (Å²) in [6.07, 6.45) is 1.69. The molecule has 0 bridgehead atoms. The molecule has 2 heterocycles. The Labute approximate surface area is 243 Å². The standard InChI is InChI=1S/C29H28BrN3O6S/c1-6-37-28(35)25-17(4)32-29-33(26(25)19-8-10-22(39-16(2)3)23(15-19)36-5)27(34)24(40-29)14-18-7-9-21(20(30)13-18)38-12-11-31/h7-10,13-16,26H,6,12H2,1-5H3/b24-14-/t26-/m1/s1. The summed E-state index contributed by atoms with van der Waals surface area (Å²) in [5.41, 5.74) is 1.85. The number of carbonyl (C=O) groups excluding carboxylic acids is 1. The lowest BCUT2D eigenvalue weighted by atomic mass is 9.95. The molecule has 40 heavy (non-hydrogen) atoms. The first kappa shape index (κ1) is 29.1. The van der Waals surface area contributed by atoms with Crippen LogP contribution in [-0.2, 0) is 9.53 Å². The minimum Gasteiger partial charge on any atom is -0.493 e. The maximum atomic E-state index is 13.9. The van der Waals surface area contributed by atoms with Crippen molar-refractivity contribution in [2.45, 2.75) is 39.8 Å². The van der Waals surface area contributed by atoms with Gasteiger partial charge in [-0.2, -0.15) is 5.26 Å². The molecule has 0 spiro atoms. The van der Waals surface area contributed by atoms with E-state index in [1.165, 1.54) is 15.9 Å². The maximum Gasteiger partial charge on any atom is 0.338 e. The molecule has 1 aliphatic rings. The lowest BCUT2D eigenvalue weighted by Crippen LogP contribution is -2.40. The van der Waals surface area contributed by atoms with Crippen molar-refractivity contribution >= 4 is 39.3 Å². The Balaban J connectivity index is 1.89. The number of hydrogen-bond acceptors (Lipinski definition) is 9. The Morgan fingerprint density at radius 3 is 2.62 bits per heavy atom. The minimum absolute atomic E-state index is 0.0679. The van der Waals surface area contributed by atoms with Gasteiger partial charge in [0, 0.05) is 0 Å². The van der Waals surface area contributed by atoms with Crippen LogP contribution in [0.1, 0.15) is 44.9 Å². The zero-order valence-electron chi connectivity index (χ0n) is 22.7. The van der Waals surface area contributed by atoms with E-state index in [1.807, 2.05) is 26.0 Å². The minimum atomic E-state index is -0.784. The van der Waals surface area contributed by atoms with Crippen LogP contribution in [0.2, 0.25) is 0 Å². The lowest BCUT2D eigenvalue weighted by molar-refractivity contribution is -0.139. The van der Waals surface area contributed by atoms with E-state index in [9.17, 15) is 9.59 Å². The molecule has 0 saturated carbocycles. The van der Waals surface area contributed by atoms with Crippen molar-refractivity contribution in [3.63, 3.8) is 0 Å². The molecule has 1 atom stereocenters. The Morgan fingerprint density at radius 1 is 1.23 bits per heavy atom. The van der Waals surface area contributed by atoms with Gasteiger partial charge >= 0.3 is 5.97 Å². The predicted molar refractivity (Wildman–Crippen MR) is 154 cm³/mol. The van der Waals surface area contributed by atoms with Gasteiger partial charge in [0.2, 0.25) is 0 Å². The normalized spacial score (nSPS) is 14.8. The smallest absolute Gasteiger partial charge is 0.338 e. The van der Waals surface area contributed by atoms with Crippen molar-refractivity contribution in [2.24, 2.45) is 4.99 Å². The third-order valence-electron chi connectivity index (χ3n) is 5.93. The first-order valence-electron chi connectivity index (χ1n) is 12.5. The highest BCUT2D eigenvalue weighted by Gasteiger charge is 2.34. The number of aromatic nitrogens is 1. The number of fused-ring (bicyclic) bond motifs is 1. The average molecular weight is 627 g/mol. The van der Waals surface area contributed by atoms with Gasteiger partial charge in [0.15, 0.2) is 22.9 Å². The molecule has 0 unspecified atom stereocenters. The van der Waals surface area contributed by atoms with Crippen molar-refractivity contribution in [1.82, 2.24) is 4.57 Å². The van der Waals surface area contributed by atoms with Gasteiger partial charge < -0.3 is 18.9 Å². The van der Waals surface area contributed by atoms with Crippen LogP contribution in [-0.4, -0.2) is 37.0 Å². The van der Waals surface area contributed by atoms with Crippen molar-refractivity contribution in [3.8, 4) is 23.3 Å². The number of esters is 1. The molecular weight excluding hydrogens is 598 g/mol. The SMILES string of the molecule is CCOC(=O)C1=C(C)N=c2s/c(=C\c3ccc(OCC#N)c(Br)c3)c(=O)n2[C@@H]1c1ccc(OC(C)C)c(OC)c1. The van der Waals surface area contributed by atoms with E-state index in [0.29, 0.717) is 42.3 Å². The van der Waals surface area contributed by atoms with Crippen LogP contribution in [0.25, 0.3) is 6.08 Å². The molecule has 0 aliphatic carbocycles. The van der Waals surface area contributed by atoms with Gasteiger partial charge in [0.1, 0.15) is 11.8 Å². The molecule has 0 amide bonds. The number of methoxy groups -OCH3 is 1. The van der Waals surface area contributed by atoms with Crippen LogP contribution in [0, 0.1) is 11.3 Å². The van der Waals surface area contributed by atoms with E-state index in [4.69, 9.17) is 24.2 Å². The van der Waals surface area contributed by atoms with E-state index in [0.717, 1.165) is 5.56 Å². The summed E-state index contributed by atoms with van der Waals surface area (Å²) in [6, 6.07) is 11.8. The van der Waals surface area contributed by atoms with Crippen molar-refractivity contribution in [3.05, 3.63) is 83.0 Å². The summed E-state index contributed by atoms with van der Waals surface area (Å²) in [6.45, 7) is 7.41. The topological polar surface area (TPSA) is 112 Å². The quantitative estimate of drug-likeness (QED) is 0.327. The second-order valence-corrected chi connectivity index (χ2v) is 10.9. The van der Waals surface area contributed by atoms with Gasteiger partial charge in [-0.15, -0.1) is 0 Å². The van der Waals surface area contributed by atoms with Gasteiger partial charge in [-0.05, 0) is 85.1 Å². The fraction of sp³-hybridized carbons (Fsp3) is 0.310. The summed E-state index contributed by atoms with van der Waals surface area (Å²) in [5.74, 6) is 1.02.